The molecule has 0 aromatic heterocycles. The first-order valence-electron chi connectivity index (χ1n) is 6.80. The van der Waals surface area contributed by atoms with Gasteiger partial charge in [0, 0.05) is 23.5 Å². The zero-order chi connectivity index (χ0) is 15.7. The number of amidine groups is 1. The van der Waals surface area contributed by atoms with Gasteiger partial charge in [0.25, 0.3) is 0 Å². The lowest BCUT2D eigenvalue weighted by Gasteiger charge is -2.27. The Hall–Kier alpha value is -1.42. The van der Waals surface area contributed by atoms with Gasteiger partial charge >= 0.3 is 0 Å². The van der Waals surface area contributed by atoms with Crippen LogP contribution in [0, 0.1) is 0 Å². The summed E-state index contributed by atoms with van der Waals surface area (Å²) in [5.41, 5.74) is 5.31. The van der Waals surface area contributed by atoms with Crippen molar-refractivity contribution in [1.29, 1.82) is 0 Å². The van der Waals surface area contributed by atoms with Crippen molar-refractivity contribution >= 4 is 46.3 Å². The van der Waals surface area contributed by atoms with E-state index >= 15 is 0 Å². The number of hydrazine groups is 1. The number of rotatable bonds is 2. The quantitative estimate of drug-likeness (QED) is 0.809. The Kier molecular flexibility index (Phi) is 4.48. The van der Waals surface area contributed by atoms with Crippen LogP contribution in [0.4, 0.5) is 5.69 Å². The van der Waals surface area contributed by atoms with Crippen LogP contribution >= 0.6 is 34.8 Å². The molecule has 1 atom stereocenters. The second-order valence-corrected chi connectivity index (χ2v) is 6.30. The summed E-state index contributed by atoms with van der Waals surface area (Å²) < 4.78 is 0. The SMILES string of the molecule is CN=C1C[C@H](c2ccc(Cl)cc2)N(c2ccc(Cl)cc2Cl)N1. The number of nitrogens with zero attached hydrogens (tertiary/aromatic N) is 2. The van der Waals surface area contributed by atoms with Gasteiger partial charge < -0.3 is 0 Å². The van der Waals surface area contributed by atoms with E-state index in [1.54, 1.807) is 13.1 Å². The van der Waals surface area contributed by atoms with Crippen LogP contribution in [0.25, 0.3) is 0 Å². The third kappa shape index (κ3) is 3.02. The highest BCUT2D eigenvalue weighted by molar-refractivity contribution is 6.36. The van der Waals surface area contributed by atoms with Crippen molar-refractivity contribution in [1.82, 2.24) is 5.43 Å². The minimum Gasteiger partial charge on any atom is -0.285 e. The van der Waals surface area contributed by atoms with Crippen molar-refractivity contribution in [2.75, 3.05) is 12.1 Å². The van der Waals surface area contributed by atoms with E-state index in [0.717, 1.165) is 28.5 Å². The average Bonchev–Trinajstić information content (AvgIpc) is 2.92. The molecule has 1 fully saturated rings. The van der Waals surface area contributed by atoms with E-state index < -0.39 is 0 Å². The van der Waals surface area contributed by atoms with Crippen molar-refractivity contribution < 1.29 is 0 Å². The molecule has 1 N–H and O–H groups in total. The van der Waals surface area contributed by atoms with Crippen LogP contribution in [-0.4, -0.2) is 12.9 Å². The minimum absolute atomic E-state index is 0.0923. The van der Waals surface area contributed by atoms with E-state index in [9.17, 15) is 0 Å². The fourth-order valence-corrected chi connectivity index (χ4v) is 3.16. The van der Waals surface area contributed by atoms with Crippen molar-refractivity contribution in [3.05, 3.63) is 63.1 Å². The Balaban J connectivity index is 2.01. The molecule has 3 nitrogen and oxygen atoms in total. The molecule has 0 bridgehead atoms. The van der Waals surface area contributed by atoms with Crippen molar-refractivity contribution in [2.24, 2.45) is 4.99 Å². The van der Waals surface area contributed by atoms with Crippen LogP contribution in [0.1, 0.15) is 18.0 Å². The number of benzene rings is 2. The highest BCUT2D eigenvalue weighted by Crippen LogP contribution is 2.37. The fraction of sp³-hybridized carbons (Fsp3) is 0.188. The lowest BCUT2D eigenvalue weighted by atomic mass is 10.0. The van der Waals surface area contributed by atoms with E-state index in [4.69, 9.17) is 34.8 Å². The minimum atomic E-state index is 0.0923. The molecular formula is C16H14Cl3N3. The molecule has 0 aliphatic carbocycles. The van der Waals surface area contributed by atoms with E-state index in [-0.39, 0.29) is 6.04 Å². The Morgan fingerprint density at radius 3 is 2.36 bits per heavy atom. The normalized spacial score (nSPS) is 19.5. The number of anilines is 1. The molecule has 1 aliphatic rings. The van der Waals surface area contributed by atoms with Gasteiger partial charge in [-0.2, -0.15) is 0 Å². The smallest absolute Gasteiger partial charge is 0.117 e. The summed E-state index contributed by atoms with van der Waals surface area (Å²) in [5, 5.41) is 3.94. The molecule has 3 rings (SSSR count). The van der Waals surface area contributed by atoms with Crippen LogP contribution in [-0.2, 0) is 0 Å². The topological polar surface area (TPSA) is 27.6 Å². The maximum absolute atomic E-state index is 6.35. The first-order valence-corrected chi connectivity index (χ1v) is 7.94. The molecule has 114 valence electrons. The van der Waals surface area contributed by atoms with Gasteiger partial charge in [-0.3, -0.25) is 15.4 Å². The van der Waals surface area contributed by atoms with Crippen molar-refractivity contribution in [3.63, 3.8) is 0 Å². The molecule has 1 heterocycles. The third-order valence-electron chi connectivity index (χ3n) is 3.64. The molecule has 0 radical (unpaired) electrons. The maximum atomic E-state index is 6.35. The summed E-state index contributed by atoms with van der Waals surface area (Å²) in [6, 6.07) is 13.4. The number of hydrogen-bond donors (Lipinski definition) is 1. The van der Waals surface area contributed by atoms with Gasteiger partial charge in [-0.05, 0) is 35.9 Å². The van der Waals surface area contributed by atoms with Gasteiger partial charge in [-0.1, -0.05) is 46.9 Å². The van der Waals surface area contributed by atoms with Crippen molar-refractivity contribution in [3.8, 4) is 0 Å². The number of halogens is 3. The lowest BCUT2D eigenvalue weighted by Crippen LogP contribution is -2.35. The first kappa shape index (κ1) is 15.5. The molecule has 1 saturated heterocycles. The number of hydrogen-bond acceptors (Lipinski definition) is 2. The highest BCUT2D eigenvalue weighted by Gasteiger charge is 2.31. The summed E-state index contributed by atoms with van der Waals surface area (Å²) >= 11 is 18.3. The average molecular weight is 355 g/mol. The van der Waals surface area contributed by atoms with Gasteiger partial charge in [-0.15, -0.1) is 0 Å². The largest absolute Gasteiger partial charge is 0.285 e. The molecule has 0 amide bonds. The van der Waals surface area contributed by atoms with Gasteiger partial charge in [0.2, 0.25) is 0 Å². The fourth-order valence-electron chi connectivity index (χ4n) is 2.53. The molecule has 2 aromatic carbocycles. The monoisotopic (exact) mass is 353 g/mol. The molecule has 6 heteroatoms. The van der Waals surface area contributed by atoms with E-state index in [1.807, 2.05) is 41.4 Å². The summed E-state index contributed by atoms with van der Waals surface area (Å²) in [7, 11) is 1.77. The van der Waals surface area contributed by atoms with Crippen LogP contribution < -0.4 is 10.4 Å². The van der Waals surface area contributed by atoms with E-state index in [1.165, 1.54) is 0 Å². The Morgan fingerprint density at radius 1 is 1.05 bits per heavy atom. The maximum Gasteiger partial charge on any atom is 0.117 e. The zero-order valence-electron chi connectivity index (χ0n) is 11.9. The van der Waals surface area contributed by atoms with Gasteiger partial charge in [0.15, 0.2) is 0 Å². The predicted molar refractivity (Wildman–Crippen MR) is 94.2 cm³/mol. The molecule has 1 aliphatic heterocycles. The van der Waals surface area contributed by atoms with Gasteiger partial charge in [-0.25, -0.2) is 0 Å². The third-order valence-corrected chi connectivity index (χ3v) is 4.43. The van der Waals surface area contributed by atoms with Crippen molar-refractivity contribution in [2.45, 2.75) is 12.5 Å². The molecule has 0 saturated carbocycles. The number of nitrogens with one attached hydrogen (secondary N) is 1. The second-order valence-electron chi connectivity index (χ2n) is 5.02. The molecule has 2 aromatic rings. The Labute approximate surface area is 144 Å². The first-order chi connectivity index (χ1) is 10.6. The highest BCUT2D eigenvalue weighted by atomic mass is 35.5. The molecule has 0 spiro atoms. The second kappa shape index (κ2) is 6.37. The Morgan fingerprint density at radius 2 is 1.73 bits per heavy atom. The lowest BCUT2D eigenvalue weighted by molar-refractivity contribution is 0.686. The number of aliphatic imine (C=N–C) groups is 1. The summed E-state index contributed by atoms with van der Waals surface area (Å²) in [4.78, 5) is 4.27. The van der Waals surface area contributed by atoms with Gasteiger partial charge in [0.05, 0.1) is 16.8 Å². The molecule has 0 unspecified atom stereocenters. The molecule has 22 heavy (non-hydrogen) atoms. The van der Waals surface area contributed by atoms with E-state index in [2.05, 4.69) is 10.4 Å². The summed E-state index contributed by atoms with van der Waals surface area (Å²) in [5.74, 6) is 0.908. The van der Waals surface area contributed by atoms with Crippen LogP contribution in [0.15, 0.2) is 47.5 Å². The van der Waals surface area contributed by atoms with E-state index in [0.29, 0.717) is 10.0 Å². The standard InChI is InChI=1S/C16H14Cl3N3/c1-20-16-9-15(10-2-4-11(17)5-3-10)22(21-16)14-7-6-12(18)8-13(14)19/h2-8,15H,9H2,1H3,(H,20,21)/t15-/m1/s1. The summed E-state index contributed by atoms with van der Waals surface area (Å²) in [6.45, 7) is 0. The Bertz CT molecular complexity index is 713. The van der Waals surface area contributed by atoms with Gasteiger partial charge in [0.1, 0.15) is 5.84 Å². The zero-order valence-corrected chi connectivity index (χ0v) is 14.1. The summed E-state index contributed by atoms with van der Waals surface area (Å²) in [6.07, 6.45) is 0.775. The van der Waals surface area contributed by atoms with Crippen LogP contribution in [0.2, 0.25) is 15.1 Å². The van der Waals surface area contributed by atoms with Crippen LogP contribution in [0.3, 0.4) is 0 Å². The molecular weight excluding hydrogens is 341 g/mol. The predicted octanol–water partition coefficient (Wildman–Crippen LogP) is 5.13. The van der Waals surface area contributed by atoms with Crippen LogP contribution in [0.5, 0.6) is 0 Å².